The van der Waals surface area contributed by atoms with Gasteiger partial charge in [-0.3, -0.25) is 58.7 Å². The van der Waals surface area contributed by atoms with Crippen molar-refractivity contribution in [2.24, 2.45) is 0 Å². The number of piperazine rings is 4. The summed E-state index contributed by atoms with van der Waals surface area (Å²) >= 11 is 29.5. The van der Waals surface area contributed by atoms with Crippen molar-refractivity contribution in [3.05, 3.63) is 245 Å². The molecule has 4 saturated heterocycles. The average Bonchev–Trinajstić information content (AvgIpc) is 1.75. The second-order valence-corrected chi connectivity index (χ2v) is 35.0. The molecule has 4 aliphatic heterocycles. The molecule has 8 aliphatic rings. The number of benzene rings is 4. The molecular formula is C81H88Br8N12O4. The van der Waals surface area contributed by atoms with Crippen LogP contribution >= 0.6 is 127 Å². The van der Waals surface area contributed by atoms with Gasteiger partial charge in [-0.15, -0.1) is 0 Å². The summed E-state index contributed by atoms with van der Waals surface area (Å²) in [7, 11) is 0. The first-order valence-corrected chi connectivity index (χ1v) is 41.8. The second-order valence-electron chi connectivity index (χ2n) is 28.0. The largest absolute Gasteiger partial charge is 0.343 e. The van der Waals surface area contributed by atoms with Crippen LogP contribution in [-0.4, -0.2) is 189 Å². The molecule has 0 radical (unpaired) electrons. The number of amides is 4. The average molecular weight is 1940 g/mol. The van der Waals surface area contributed by atoms with Gasteiger partial charge in [-0.2, -0.15) is 0 Å². The van der Waals surface area contributed by atoms with Crippen LogP contribution in [0.5, 0.6) is 0 Å². The lowest BCUT2D eigenvalue weighted by molar-refractivity contribution is -0.120. The van der Waals surface area contributed by atoms with Crippen LogP contribution in [0.15, 0.2) is 133 Å². The van der Waals surface area contributed by atoms with Crippen LogP contribution in [0.4, 0.5) is 0 Å². The molecule has 4 aromatic heterocycles. The van der Waals surface area contributed by atoms with E-state index < -0.39 is 25.5 Å². The molecule has 0 bridgehead atoms. The highest BCUT2D eigenvalue weighted by Crippen LogP contribution is 2.46. The van der Waals surface area contributed by atoms with E-state index in [1.165, 1.54) is 98.0 Å². The minimum Gasteiger partial charge on any atom is -0.343 e. The number of rotatable bonds is 4. The molecule has 16 nitrogen and oxygen atoms in total. The number of aryl methyl sites for hydroxylation is 10. The van der Waals surface area contributed by atoms with E-state index in [2.05, 4.69) is 248 Å². The zero-order valence-corrected chi connectivity index (χ0v) is 71.2. The van der Waals surface area contributed by atoms with Crippen molar-refractivity contribution in [1.29, 1.82) is 0 Å². The fourth-order valence-electron chi connectivity index (χ4n) is 16.3. The van der Waals surface area contributed by atoms with Crippen molar-refractivity contribution in [3.8, 4) is 0 Å². The number of nitrogens with zero attached hydrogens (tertiary/aromatic N) is 12. The number of pyridine rings is 4. The van der Waals surface area contributed by atoms with Gasteiger partial charge in [0.05, 0.1) is 46.9 Å². The number of carbonyl (C=O) groups is 4. The standard InChI is InChI=1S/4C20H21Br2N3O.CH4/c2*1-13-2-4-17-16(18(13)22)5-3-14-10-15(21)11-23-19(14)20(17)25-8-6-24(12-26)7-9-25;2*1-13-8-14-2-3-15-10-16(21)11-23-19(15)20(18(14)17(22)9-13)25-6-4-24(12-26)5-7-25;/h2*2,4,10-12,20H,3,5-9H2,1H3;2*8-12,20H,2-7H2,1H3;1H4/t4*20-;/m1010./s1/i4*12T;. The molecule has 0 N–H and O–H groups in total. The van der Waals surface area contributed by atoms with Crippen LogP contribution in [-0.2, 0) is 70.5 Å². The summed E-state index contributed by atoms with van der Waals surface area (Å²) in [5.41, 5.74) is 25.1. The Bertz CT molecular complexity index is 4470. The first kappa shape index (κ1) is 74.1. The molecule has 0 spiro atoms. The highest BCUT2D eigenvalue weighted by Gasteiger charge is 2.39. The Labute approximate surface area is 690 Å². The van der Waals surface area contributed by atoms with Crippen LogP contribution < -0.4 is 0 Å². The maximum absolute atomic E-state index is 11.4. The van der Waals surface area contributed by atoms with E-state index >= 15 is 0 Å². The highest BCUT2D eigenvalue weighted by molar-refractivity contribution is 9.11. The number of fused-ring (bicyclic) bond motifs is 8. The Hall–Kier alpha value is -4.96. The van der Waals surface area contributed by atoms with E-state index in [1.807, 2.05) is 24.8 Å². The molecule has 0 unspecified atom stereocenters. The van der Waals surface area contributed by atoms with Gasteiger partial charge in [0.15, 0.2) is 0 Å². The number of halogens is 8. The van der Waals surface area contributed by atoms with E-state index in [4.69, 9.17) is 25.4 Å². The van der Waals surface area contributed by atoms with Crippen LogP contribution in [0.1, 0.15) is 149 Å². The van der Waals surface area contributed by atoms with Gasteiger partial charge in [0.2, 0.25) is 25.5 Å². The van der Waals surface area contributed by atoms with Gasteiger partial charge in [-0.1, -0.05) is 108 Å². The van der Waals surface area contributed by atoms with Gasteiger partial charge < -0.3 is 19.6 Å². The van der Waals surface area contributed by atoms with Crippen LogP contribution in [0.2, 0.25) is 0 Å². The summed E-state index contributed by atoms with van der Waals surface area (Å²) < 4.78 is 38.1. The van der Waals surface area contributed by atoms with Crippen LogP contribution in [0.25, 0.3) is 0 Å². The summed E-state index contributed by atoms with van der Waals surface area (Å²) in [5.74, 6) is 0. The number of hydrogen-bond acceptors (Lipinski definition) is 12. The second kappa shape index (κ2) is 35.8. The normalized spacial score (nSPS) is 20.6. The van der Waals surface area contributed by atoms with Crippen molar-refractivity contribution in [2.75, 3.05) is 105 Å². The number of aromatic nitrogens is 4. The number of carbonyl (C=O) groups excluding carboxylic acids is 4. The van der Waals surface area contributed by atoms with Gasteiger partial charge in [0, 0.05) is 165 Å². The van der Waals surface area contributed by atoms with Crippen LogP contribution in [0, 0.1) is 27.7 Å². The topological polar surface area (TPSA) is 146 Å². The fourth-order valence-corrected chi connectivity index (χ4v) is 20.6. The predicted octanol–water partition coefficient (Wildman–Crippen LogP) is 16.1. The van der Waals surface area contributed by atoms with E-state index in [-0.39, 0.29) is 31.6 Å². The molecule has 552 valence electrons. The fraction of sp³-hybridized carbons (Fsp3) is 0.407. The van der Waals surface area contributed by atoms with Crippen molar-refractivity contribution in [3.63, 3.8) is 0 Å². The molecule has 8 aromatic rings. The van der Waals surface area contributed by atoms with Crippen LogP contribution in [0.3, 0.4) is 0 Å². The first-order chi connectivity index (χ1) is 51.8. The lowest BCUT2D eigenvalue weighted by Crippen LogP contribution is -2.47. The molecular weight excluding hydrogens is 1840 g/mol. The quantitative estimate of drug-likeness (QED) is 0.155. The zero-order valence-electron chi connectivity index (χ0n) is 62.5. The molecule has 0 saturated carbocycles. The third-order valence-electron chi connectivity index (χ3n) is 21.6. The maximum atomic E-state index is 11.4. The van der Waals surface area contributed by atoms with E-state index in [1.54, 1.807) is 19.6 Å². The van der Waals surface area contributed by atoms with E-state index in [0.29, 0.717) is 52.4 Å². The van der Waals surface area contributed by atoms with E-state index in [9.17, 15) is 19.2 Å². The summed E-state index contributed by atoms with van der Waals surface area (Å²) in [5, 5.41) is 0. The van der Waals surface area contributed by atoms with Crippen molar-refractivity contribution in [2.45, 2.75) is 111 Å². The lowest BCUT2D eigenvalue weighted by Gasteiger charge is -2.39. The van der Waals surface area contributed by atoms with Gasteiger partial charge in [0.25, 0.3) is 0 Å². The minimum atomic E-state index is -0.588. The minimum absolute atomic E-state index is 0. The molecule has 4 aliphatic carbocycles. The van der Waals surface area contributed by atoms with Gasteiger partial charge in [0.1, 0.15) is 5.48 Å². The molecule has 4 amide bonds. The van der Waals surface area contributed by atoms with Crippen molar-refractivity contribution < 1.29 is 24.7 Å². The molecule has 24 heteroatoms. The number of hydrogen-bond donors (Lipinski definition) is 0. The Morgan fingerprint density at radius 3 is 0.886 bits per heavy atom. The summed E-state index contributed by atoms with van der Waals surface area (Å²) in [6, 6.07) is 26.8. The highest BCUT2D eigenvalue weighted by atomic mass is 79.9. The molecule has 16 rings (SSSR count). The monoisotopic (exact) mass is 1930 g/mol. The Morgan fingerprint density at radius 1 is 0.343 bits per heavy atom. The molecule has 8 heterocycles. The van der Waals surface area contributed by atoms with Gasteiger partial charge in [-0.25, -0.2) is 0 Å². The molecule has 4 fully saturated rings. The molecule has 4 atom stereocenters. The Kier molecular flexibility index (Phi) is 25.3. The summed E-state index contributed by atoms with van der Waals surface area (Å²) in [6.07, 6.45) is 12.9. The Balaban J connectivity index is 0.000000135. The predicted molar refractivity (Wildman–Crippen MR) is 444 cm³/mol. The van der Waals surface area contributed by atoms with E-state index in [0.717, 1.165) is 153 Å². The SMILES string of the molecule is C.[3H]C(=O)N1CCN([C@@H]2c3ccc(C)c(Br)c3CCc3cc(Br)cnc32)CC1.[3H]C(=O)N1CCN([C@@H]2c3ncc(Br)cc3CCc3cc(C)cc(Br)c32)CC1.[3H]C(=O)N1CCN([C@H]2c3ccc(C)c(Br)c3CCc3cc(Br)cnc32)CC1.[3H]C(=O)N1CCN([C@H]2c3ncc(Br)cc3CCc3cc(C)cc(Br)c32)CC1. The van der Waals surface area contributed by atoms with Gasteiger partial charge >= 0.3 is 0 Å². The molecule has 4 aromatic carbocycles. The lowest BCUT2D eigenvalue weighted by atomic mass is 9.94. The summed E-state index contributed by atoms with van der Waals surface area (Å²) in [4.78, 5) is 81.0. The van der Waals surface area contributed by atoms with Gasteiger partial charge in [-0.05, 0) is 268 Å². The first-order valence-electron chi connectivity index (χ1n) is 37.5. The van der Waals surface area contributed by atoms with Crippen molar-refractivity contribution >= 4 is 153 Å². The summed E-state index contributed by atoms with van der Waals surface area (Å²) in [6.45, 7) is 19.2. The Morgan fingerprint density at radius 2 is 0.600 bits per heavy atom. The van der Waals surface area contributed by atoms with Crippen molar-refractivity contribution in [1.82, 2.24) is 59.1 Å². The zero-order chi connectivity index (χ0) is 76.5. The third-order valence-corrected chi connectivity index (χ3v) is 26.8. The smallest absolute Gasteiger partial charge is 0.209 e. The maximum Gasteiger partial charge on any atom is 0.209 e. The molecule has 105 heavy (non-hydrogen) atoms. The third kappa shape index (κ3) is 17.8.